The molecule has 0 N–H and O–H groups in total. The zero-order valence-corrected chi connectivity index (χ0v) is 14.1. The van der Waals surface area contributed by atoms with Crippen LogP contribution >= 0.6 is 23.4 Å². The lowest BCUT2D eigenvalue weighted by atomic mass is 10.2. The van der Waals surface area contributed by atoms with E-state index in [2.05, 4.69) is 4.98 Å². The van der Waals surface area contributed by atoms with Gasteiger partial charge in [0.1, 0.15) is 0 Å². The molecule has 23 heavy (non-hydrogen) atoms. The molecule has 2 aromatic carbocycles. The van der Waals surface area contributed by atoms with Crippen molar-refractivity contribution in [1.29, 1.82) is 0 Å². The Morgan fingerprint density at radius 3 is 2.70 bits per heavy atom. The number of aryl methyl sites for hydroxylation is 1. The van der Waals surface area contributed by atoms with Gasteiger partial charge >= 0.3 is 0 Å². The summed E-state index contributed by atoms with van der Waals surface area (Å²) in [6.45, 7) is 1.99. The standard InChI is InChI=1S/C18H15ClN2OS/c1-13-7-2-5-10-16(13)21-17(22)14-8-3-4-9-15(14)20-18(21)23-12-6-11-19/h2-11H,12H2,1H3/b11-6+. The van der Waals surface area contributed by atoms with Crippen LogP contribution in [0.5, 0.6) is 0 Å². The van der Waals surface area contributed by atoms with Gasteiger partial charge in [-0.25, -0.2) is 4.98 Å². The quantitative estimate of drug-likeness (QED) is 0.515. The highest BCUT2D eigenvalue weighted by atomic mass is 35.5. The van der Waals surface area contributed by atoms with Gasteiger partial charge in [0.05, 0.1) is 16.6 Å². The van der Waals surface area contributed by atoms with Crippen molar-refractivity contribution in [3.63, 3.8) is 0 Å². The van der Waals surface area contributed by atoms with Crippen molar-refractivity contribution < 1.29 is 0 Å². The largest absolute Gasteiger partial charge is 0.268 e. The van der Waals surface area contributed by atoms with Gasteiger partial charge in [-0.2, -0.15) is 0 Å². The molecule has 116 valence electrons. The molecule has 0 bridgehead atoms. The van der Waals surface area contributed by atoms with Crippen LogP contribution in [0.15, 0.2) is 70.1 Å². The van der Waals surface area contributed by atoms with Crippen molar-refractivity contribution in [2.24, 2.45) is 0 Å². The van der Waals surface area contributed by atoms with Crippen LogP contribution in [-0.2, 0) is 0 Å². The van der Waals surface area contributed by atoms with E-state index >= 15 is 0 Å². The predicted octanol–water partition coefficient (Wildman–Crippen LogP) is 4.54. The molecule has 3 nitrogen and oxygen atoms in total. The lowest BCUT2D eigenvalue weighted by molar-refractivity contribution is 0.815. The molecule has 0 spiro atoms. The predicted molar refractivity (Wildman–Crippen MR) is 97.8 cm³/mol. The second kappa shape index (κ2) is 7.02. The summed E-state index contributed by atoms with van der Waals surface area (Å²) < 4.78 is 1.68. The van der Waals surface area contributed by atoms with E-state index in [0.29, 0.717) is 21.8 Å². The Hall–Kier alpha value is -2.04. The molecule has 0 atom stereocenters. The average Bonchev–Trinajstić information content (AvgIpc) is 2.57. The van der Waals surface area contributed by atoms with Gasteiger partial charge in [0.25, 0.3) is 5.56 Å². The highest BCUT2D eigenvalue weighted by molar-refractivity contribution is 7.99. The van der Waals surface area contributed by atoms with Crippen molar-refractivity contribution in [3.05, 3.63) is 76.1 Å². The molecule has 0 fully saturated rings. The molecular weight excluding hydrogens is 328 g/mol. The SMILES string of the molecule is Cc1ccccc1-n1c(SC/C=C/Cl)nc2ccccc2c1=O. The van der Waals surface area contributed by atoms with Crippen molar-refractivity contribution in [2.75, 3.05) is 5.75 Å². The Bertz CT molecular complexity index is 934. The Morgan fingerprint density at radius 2 is 1.91 bits per heavy atom. The van der Waals surface area contributed by atoms with Crippen LogP contribution in [0.25, 0.3) is 16.6 Å². The molecule has 0 aliphatic carbocycles. The monoisotopic (exact) mass is 342 g/mol. The van der Waals surface area contributed by atoms with Crippen LogP contribution in [0.3, 0.4) is 0 Å². The van der Waals surface area contributed by atoms with Gasteiger partial charge in [-0.15, -0.1) is 0 Å². The summed E-state index contributed by atoms with van der Waals surface area (Å²) in [5.74, 6) is 0.653. The summed E-state index contributed by atoms with van der Waals surface area (Å²) in [6, 6.07) is 15.2. The third kappa shape index (κ3) is 3.19. The fourth-order valence-electron chi connectivity index (χ4n) is 2.39. The molecule has 3 aromatic rings. The van der Waals surface area contributed by atoms with E-state index in [4.69, 9.17) is 11.6 Å². The minimum absolute atomic E-state index is 0.0535. The highest BCUT2D eigenvalue weighted by Crippen LogP contribution is 2.23. The van der Waals surface area contributed by atoms with Gasteiger partial charge < -0.3 is 0 Å². The van der Waals surface area contributed by atoms with Gasteiger partial charge in [0.15, 0.2) is 5.16 Å². The summed E-state index contributed by atoms with van der Waals surface area (Å²) in [5, 5.41) is 1.28. The maximum atomic E-state index is 13.0. The normalized spacial score (nSPS) is 11.4. The first-order valence-electron chi connectivity index (χ1n) is 7.18. The van der Waals surface area contributed by atoms with Gasteiger partial charge in [-0.1, -0.05) is 59.8 Å². The minimum Gasteiger partial charge on any atom is -0.268 e. The van der Waals surface area contributed by atoms with Gasteiger partial charge in [-0.05, 0) is 30.7 Å². The number of hydrogen-bond acceptors (Lipinski definition) is 3. The van der Waals surface area contributed by atoms with Crippen LogP contribution in [0.4, 0.5) is 0 Å². The van der Waals surface area contributed by atoms with Crippen molar-refractivity contribution >= 4 is 34.3 Å². The summed E-state index contributed by atoms with van der Waals surface area (Å²) >= 11 is 7.08. The number of aromatic nitrogens is 2. The van der Waals surface area contributed by atoms with Crippen LogP contribution in [0.1, 0.15) is 5.56 Å². The number of nitrogens with zero attached hydrogens (tertiary/aromatic N) is 2. The molecule has 0 unspecified atom stereocenters. The second-order valence-corrected chi connectivity index (χ2v) is 6.25. The van der Waals surface area contributed by atoms with Gasteiger partial charge in [0.2, 0.25) is 0 Å². The van der Waals surface area contributed by atoms with Gasteiger partial charge in [-0.3, -0.25) is 9.36 Å². The van der Waals surface area contributed by atoms with E-state index in [1.54, 1.807) is 4.57 Å². The molecule has 0 aliphatic heterocycles. The summed E-state index contributed by atoms with van der Waals surface area (Å²) in [4.78, 5) is 17.7. The number of para-hydroxylation sites is 2. The van der Waals surface area contributed by atoms with E-state index in [1.165, 1.54) is 17.3 Å². The lowest BCUT2D eigenvalue weighted by Gasteiger charge is -2.14. The van der Waals surface area contributed by atoms with E-state index in [0.717, 1.165) is 11.3 Å². The first kappa shape index (κ1) is 15.8. The zero-order chi connectivity index (χ0) is 16.2. The van der Waals surface area contributed by atoms with E-state index in [1.807, 2.05) is 61.5 Å². The lowest BCUT2D eigenvalue weighted by Crippen LogP contribution is -2.22. The summed E-state index contributed by atoms with van der Waals surface area (Å²) in [6.07, 6.45) is 1.83. The van der Waals surface area contributed by atoms with Crippen molar-refractivity contribution in [2.45, 2.75) is 12.1 Å². The fraction of sp³-hybridized carbons (Fsp3) is 0.111. The summed E-state index contributed by atoms with van der Waals surface area (Å²) in [5.41, 5.74) is 4.01. The van der Waals surface area contributed by atoms with Crippen LogP contribution in [0, 0.1) is 6.92 Å². The van der Waals surface area contributed by atoms with Crippen LogP contribution in [-0.4, -0.2) is 15.3 Å². The van der Waals surface area contributed by atoms with Crippen molar-refractivity contribution in [1.82, 2.24) is 9.55 Å². The second-order valence-electron chi connectivity index (χ2n) is 5.01. The first-order valence-corrected chi connectivity index (χ1v) is 8.60. The number of halogens is 1. The molecule has 1 heterocycles. The Labute approximate surface area is 143 Å². The number of thioether (sulfide) groups is 1. The molecule has 0 saturated heterocycles. The van der Waals surface area contributed by atoms with E-state index in [9.17, 15) is 4.79 Å². The average molecular weight is 343 g/mol. The summed E-state index contributed by atoms with van der Waals surface area (Å²) in [7, 11) is 0. The molecular formula is C18H15ClN2OS. The molecule has 1 aromatic heterocycles. The first-order chi connectivity index (χ1) is 11.2. The molecule has 0 radical (unpaired) electrons. The number of hydrogen-bond donors (Lipinski definition) is 0. The van der Waals surface area contributed by atoms with Crippen molar-refractivity contribution in [3.8, 4) is 5.69 Å². The molecule has 5 heteroatoms. The number of fused-ring (bicyclic) bond motifs is 1. The zero-order valence-electron chi connectivity index (χ0n) is 12.6. The van der Waals surface area contributed by atoms with E-state index in [-0.39, 0.29) is 5.56 Å². The van der Waals surface area contributed by atoms with Gasteiger partial charge in [0, 0.05) is 11.3 Å². The van der Waals surface area contributed by atoms with E-state index < -0.39 is 0 Å². The smallest absolute Gasteiger partial charge is 0.266 e. The maximum absolute atomic E-state index is 13.0. The third-order valence-corrected chi connectivity index (χ3v) is 4.57. The topological polar surface area (TPSA) is 34.9 Å². The third-order valence-electron chi connectivity index (χ3n) is 3.50. The van der Waals surface area contributed by atoms with Crippen LogP contribution < -0.4 is 5.56 Å². The molecule has 0 amide bonds. The minimum atomic E-state index is -0.0535. The maximum Gasteiger partial charge on any atom is 0.266 e. The highest BCUT2D eigenvalue weighted by Gasteiger charge is 2.13. The fourth-order valence-corrected chi connectivity index (χ4v) is 3.40. The molecule has 0 aliphatic rings. The van der Waals surface area contributed by atoms with Crippen LogP contribution in [0.2, 0.25) is 0 Å². The number of benzene rings is 2. The Balaban J connectivity index is 2.28. The Morgan fingerprint density at radius 1 is 1.17 bits per heavy atom. The molecule has 0 saturated carbocycles. The number of rotatable bonds is 4. The Kier molecular flexibility index (Phi) is 4.84. The molecule has 3 rings (SSSR count).